The Morgan fingerprint density at radius 2 is 2.24 bits per heavy atom. The van der Waals surface area contributed by atoms with Gasteiger partial charge in [-0.05, 0) is 17.7 Å². The molecule has 0 aliphatic carbocycles. The molecule has 1 aromatic heterocycles. The molecule has 4 nitrogen and oxygen atoms in total. The number of carboxylic acid groups (broad SMARTS) is 1. The molecule has 0 bridgehead atoms. The summed E-state index contributed by atoms with van der Waals surface area (Å²) in [6.07, 6.45) is 0. The van der Waals surface area contributed by atoms with E-state index in [2.05, 4.69) is 4.98 Å². The number of aliphatic carboxylic acids is 1. The van der Waals surface area contributed by atoms with E-state index in [1.807, 2.05) is 30.3 Å². The van der Waals surface area contributed by atoms with Crippen LogP contribution < -0.4 is 0 Å². The number of nitrogens with zero attached hydrogens (tertiary/aromatic N) is 1. The summed E-state index contributed by atoms with van der Waals surface area (Å²) in [6.45, 7) is 0.617. The van der Waals surface area contributed by atoms with Gasteiger partial charge in [-0.25, -0.2) is 0 Å². The fraction of sp³-hybridized carbons (Fsp3) is 0.231. The van der Waals surface area contributed by atoms with Gasteiger partial charge in [0.15, 0.2) is 0 Å². The average Bonchev–Trinajstić information content (AvgIpc) is 2.35. The predicted octanol–water partition coefficient (Wildman–Crippen LogP) is 1.93. The first-order valence-corrected chi connectivity index (χ1v) is 5.45. The fourth-order valence-corrected chi connectivity index (χ4v) is 2.16. The number of hydrogen-bond acceptors (Lipinski definition) is 3. The van der Waals surface area contributed by atoms with Gasteiger partial charge in [0.1, 0.15) is 5.92 Å². The zero-order valence-corrected chi connectivity index (χ0v) is 9.09. The van der Waals surface area contributed by atoms with Crippen LogP contribution in [0, 0.1) is 0 Å². The fourth-order valence-electron chi connectivity index (χ4n) is 2.16. The highest BCUT2D eigenvalue weighted by atomic mass is 16.5. The van der Waals surface area contributed by atoms with E-state index in [0.29, 0.717) is 6.61 Å². The maximum absolute atomic E-state index is 11.1. The Morgan fingerprint density at radius 1 is 1.41 bits per heavy atom. The van der Waals surface area contributed by atoms with Crippen molar-refractivity contribution in [3.8, 4) is 0 Å². The Hall–Kier alpha value is -1.94. The summed E-state index contributed by atoms with van der Waals surface area (Å²) in [5, 5.41) is 10.1. The smallest absolute Gasteiger partial charge is 0.313 e. The summed E-state index contributed by atoms with van der Waals surface area (Å²) in [5.41, 5.74) is 2.39. The number of pyridine rings is 1. The lowest BCUT2D eigenvalue weighted by molar-refractivity contribution is -0.141. The normalized spacial score (nSPS) is 18.9. The van der Waals surface area contributed by atoms with Crippen LogP contribution in [0.2, 0.25) is 0 Å². The van der Waals surface area contributed by atoms with E-state index in [-0.39, 0.29) is 6.61 Å². The summed E-state index contributed by atoms with van der Waals surface area (Å²) < 4.78 is 5.28. The Labute approximate surface area is 97.9 Å². The number of para-hydroxylation sites is 1. The second-order valence-electron chi connectivity index (χ2n) is 4.12. The molecule has 2 aromatic rings. The molecule has 1 N–H and O–H groups in total. The van der Waals surface area contributed by atoms with Crippen molar-refractivity contribution in [2.45, 2.75) is 12.5 Å². The minimum absolute atomic E-state index is 0.225. The molecule has 0 spiro atoms. The van der Waals surface area contributed by atoms with Crippen LogP contribution in [-0.2, 0) is 16.1 Å². The van der Waals surface area contributed by atoms with Crippen LogP contribution in [0.15, 0.2) is 30.3 Å². The van der Waals surface area contributed by atoms with Gasteiger partial charge in [0.25, 0.3) is 0 Å². The van der Waals surface area contributed by atoms with Gasteiger partial charge in [0, 0.05) is 5.39 Å². The van der Waals surface area contributed by atoms with Crippen molar-refractivity contribution in [3.63, 3.8) is 0 Å². The lowest BCUT2D eigenvalue weighted by atomic mass is 9.95. The third-order valence-corrected chi connectivity index (χ3v) is 3.03. The summed E-state index contributed by atoms with van der Waals surface area (Å²) in [5.74, 6) is -1.46. The number of hydrogen-bond donors (Lipinski definition) is 1. The van der Waals surface area contributed by atoms with E-state index >= 15 is 0 Å². The number of ether oxygens (including phenoxy) is 1. The average molecular weight is 229 g/mol. The Morgan fingerprint density at radius 3 is 3.06 bits per heavy atom. The zero-order chi connectivity index (χ0) is 11.8. The molecule has 2 heterocycles. The summed E-state index contributed by atoms with van der Waals surface area (Å²) in [7, 11) is 0. The van der Waals surface area contributed by atoms with Crippen molar-refractivity contribution in [2.24, 2.45) is 0 Å². The minimum atomic E-state index is -0.858. The Balaban J connectivity index is 2.22. The molecule has 1 atom stereocenters. The molecule has 1 aromatic carbocycles. The number of rotatable bonds is 1. The molecule has 0 saturated carbocycles. The van der Waals surface area contributed by atoms with Gasteiger partial charge in [-0.2, -0.15) is 0 Å². The van der Waals surface area contributed by atoms with E-state index in [0.717, 1.165) is 22.2 Å². The third kappa shape index (κ3) is 1.66. The number of aromatic nitrogens is 1. The number of fused-ring (bicyclic) bond motifs is 2. The van der Waals surface area contributed by atoms with Gasteiger partial charge in [-0.3, -0.25) is 9.78 Å². The maximum atomic E-state index is 11.1. The molecule has 0 radical (unpaired) electrons. The second-order valence-corrected chi connectivity index (χ2v) is 4.12. The van der Waals surface area contributed by atoms with E-state index in [4.69, 9.17) is 9.84 Å². The lowest BCUT2D eigenvalue weighted by Crippen LogP contribution is -2.24. The monoisotopic (exact) mass is 229 g/mol. The molecule has 86 valence electrons. The van der Waals surface area contributed by atoms with Gasteiger partial charge in [0.05, 0.1) is 24.4 Å². The standard InChI is InChI=1S/C13H11NO3/c15-13(16)10-6-17-7-12-9(10)5-8-3-1-2-4-11(8)14-12/h1-5,10H,6-7H2,(H,15,16). The topological polar surface area (TPSA) is 59.4 Å². The highest BCUT2D eigenvalue weighted by Gasteiger charge is 2.28. The van der Waals surface area contributed by atoms with Crippen molar-refractivity contribution >= 4 is 16.9 Å². The van der Waals surface area contributed by atoms with Crippen LogP contribution in [0.1, 0.15) is 17.2 Å². The molecule has 1 aliphatic heterocycles. The van der Waals surface area contributed by atoms with Crippen molar-refractivity contribution < 1.29 is 14.6 Å². The lowest BCUT2D eigenvalue weighted by Gasteiger charge is -2.22. The molecule has 1 unspecified atom stereocenters. The molecule has 0 amide bonds. The van der Waals surface area contributed by atoms with E-state index in [1.54, 1.807) is 0 Å². The first-order chi connectivity index (χ1) is 8.25. The number of carboxylic acids is 1. The molecular weight excluding hydrogens is 218 g/mol. The Kier molecular flexibility index (Phi) is 2.30. The summed E-state index contributed by atoms with van der Waals surface area (Å²) in [6, 6.07) is 9.61. The summed E-state index contributed by atoms with van der Waals surface area (Å²) >= 11 is 0. The van der Waals surface area contributed by atoms with Crippen molar-refractivity contribution in [2.75, 3.05) is 6.61 Å². The Bertz CT molecular complexity index is 594. The molecule has 0 saturated heterocycles. The molecular formula is C13H11NO3. The SMILES string of the molecule is O=C(O)C1COCc2nc3ccccc3cc21. The predicted molar refractivity (Wildman–Crippen MR) is 61.8 cm³/mol. The van der Waals surface area contributed by atoms with E-state index in [9.17, 15) is 4.79 Å². The zero-order valence-electron chi connectivity index (χ0n) is 9.09. The molecule has 0 fully saturated rings. The van der Waals surface area contributed by atoms with Crippen LogP contribution in [-0.4, -0.2) is 22.7 Å². The maximum Gasteiger partial charge on any atom is 0.313 e. The van der Waals surface area contributed by atoms with Crippen molar-refractivity contribution in [1.29, 1.82) is 0 Å². The minimum Gasteiger partial charge on any atom is -0.481 e. The van der Waals surface area contributed by atoms with Crippen molar-refractivity contribution in [1.82, 2.24) is 4.98 Å². The molecule has 1 aliphatic rings. The quantitative estimate of drug-likeness (QED) is 0.811. The van der Waals surface area contributed by atoms with Gasteiger partial charge in [-0.15, -0.1) is 0 Å². The van der Waals surface area contributed by atoms with E-state index < -0.39 is 11.9 Å². The van der Waals surface area contributed by atoms with Crippen LogP contribution in [0.4, 0.5) is 0 Å². The third-order valence-electron chi connectivity index (χ3n) is 3.03. The first-order valence-electron chi connectivity index (χ1n) is 5.45. The summed E-state index contributed by atoms with van der Waals surface area (Å²) in [4.78, 5) is 15.6. The molecule has 17 heavy (non-hydrogen) atoms. The van der Waals surface area contributed by atoms with Gasteiger partial charge < -0.3 is 9.84 Å². The molecule has 3 rings (SSSR count). The highest BCUT2D eigenvalue weighted by molar-refractivity contribution is 5.83. The highest BCUT2D eigenvalue weighted by Crippen LogP contribution is 2.28. The molecule has 4 heteroatoms. The second kappa shape index (κ2) is 3.82. The number of benzene rings is 1. The largest absolute Gasteiger partial charge is 0.481 e. The van der Waals surface area contributed by atoms with Crippen LogP contribution >= 0.6 is 0 Å². The van der Waals surface area contributed by atoms with Gasteiger partial charge in [0.2, 0.25) is 0 Å². The van der Waals surface area contributed by atoms with Crippen LogP contribution in [0.3, 0.4) is 0 Å². The van der Waals surface area contributed by atoms with Crippen LogP contribution in [0.25, 0.3) is 10.9 Å². The van der Waals surface area contributed by atoms with Crippen LogP contribution in [0.5, 0.6) is 0 Å². The van der Waals surface area contributed by atoms with Gasteiger partial charge >= 0.3 is 5.97 Å². The first kappa shape index (κ1) is 10.2. The van der Waals surface area contributed by atoms with Crippen molar-refractivity contribution in [3.05, 3.63) is 41.6 Å². The van der Waals surface area contributed by atoms with Gasteiger partial charge in [-0.1, -0.05) is 18.2 Å². The van der Waals surface area contributed by atoms with E-state index in [1.165, 1.54) is 0 Å². The number of carbonyl (C=O) groups is 1.